The summed E-state index contributed by atoms with van der Waals surface area (Å²) < 4.78 is 5.71. The number of hydrogen-bond donors (Lipinski definition) is 2. The summed E-state index contributed by atoms with van der Waals surface area (Å²) in [6.45, 7) is 7.90. The van der Waals surface area contributed by atoms with Gasteiger partial charge in [-0.05, 0) is 26.3 Å². The fourth-order valence-electron chi connectivity index (χ4n) is 1.55. The van der Waals surface area contributed by atoms with Crippen molar-refractivity contribution < 1.29 is 9.84 Å². The van der Waals surface area contributed by atoms with E-state index in [9.17, 15) is 5.11 Å². The van der Waals surface area contributed by atoms with Crippen LogP contribution in [-0.4, -0.2) is 37.5 Å². The molecule has 0 saturated heterocycles. The Kier molecular flexibility index (Phi) is 8.90. The van der Waals surface area contributed by atoms with Crippen LogP contribution in [0, 0.1) is 5.92 Å². The van der Waals surface area contributed by atoms with E-state index in [4.69, 9.17) is 4.74 Å². The van der Waals surface area contributed by atoms with Gasteiger partial charge in [0.2, 0.25) is 0 Å². The lowest BCUT2D eigenvalue weighted by molar-refractivity contribution is 0.0285. The highest BCUT2D eigenvalue weighted by Crippen LogP contribution is 2.13. The van der Waals surface area contributed by atoms with Crippen molar-refractivity contribution in [2.45, 2.75) is 52.0 Å². The van der Waals surface area contributed by atoms with Gasteiger partial charge in [0.25, 0.3) is 0 Å². The molecule has 0 heterocycles. The van der Waals surface area contributed by atoms with Crippen LogP contribution >= 0.6 is 0 Å². The van der Waals surface area contributed by atoms with Gasteiger partial charge in [-0.25, -0.2) is 0 Å². The zero-order valence-corrected chi connectivity index (χ0v) is 11.4. The molecule has 0 aromatic heterocycles. The number of aliphatic hydroxyl groups excluding tert-OH is 1. The first kappa shape index (κ1) is 15.9. The van der Waals surface area contributed by atoms with Crippen LogP contribution in [-0.2, 0) is 4.74 Å². The van der Waals surface area contributed by atoms with E-state index < -0.39 is 0 Å². The van der Waals surface area contributed by atoms with Gasteiger partial charge < -0.3 is 15.2 Å². The Morgan fingerprint density at radius 3 is 2.50 bits per heavy atom. The first-order valence-electron chi connectivity index (χ1n) is 6.49. The van der Waals surface area contributed by atoms with Crippen LogP contribution in [0.2, 0.25) is 0 Å². The molecule has 0 fully saturated rings. The van der Waals surface area contributed by atoms with Crippen LogP contribution in [0.1, 0.15) is 46.5 Å². The van der Waals surface area contributed by atoms with Crippen molar-refractivity contribution in [3.05, 3.63) is 0 Å². The van der Waals surface area contributed by atoms with Crippen LogP contribution in [0.3, 0.4) is 0 Å². The molecule has 0 amide bonds. The number of likely N-dealkylation sites (N-methyl/N-ethyl adjacent to an activating group) is 1. The van der Waals surface area contributed by atoms with Gasteiger partial charge in [-0.2, -0.15) is 0 Å². The lowest BCUT2D eigenvalue weighted by atomic mass is 10.0. The van der Waals surface area contributed by atoms with Crippen LogP contribution < -0.4 is 5.32 Å². The Balaban J connectivity index is 3.76. The smallest absolute Gasteiger partial charge is 0.0668 e. The molecule has 0 aromatic rings. The average Bonchev–Trinajstić information content (AvgIpc) is 2.33. The van der Waals surface area contributed by atoms with Gasteiger partial charge in [0, 0.05) is 6.61 Å². The van der Waals surface area contributed by atoms with E-state index in [1.54, 1.807) is 0 Å². The maximum atomic E-state index is 9.21. The molecule has 98 valence electrons. The van der Waals surface area contributed by atoms with Crippen molar-refractivity contribution in [2.24, 2.45) is 5.92 Å². The van der Waals surface area contributed by atoms with Crippen LogP contribution in [0.4, 0.5) is 0 Å². The van der Waals surface area contributed by atoms with E-state index in [2.05, 4.69) is 19.2 Å². The van der Waals surface area contributed by atoms with Crippen molar-refractivity contribution >= 4 is 0 Å². The Morgan fingerprint density at radius 1 is 1.38 bits per heavy atom. The molecule has 0 radical (unpaired) electrons. The summed E-state index contributed by atoms with van der Waals surface area (Å²) in [4.78, 5) is 0. The predicted octanol–water partition coefficient (Wildman–Crippen LogP) is 2.19. The molecule has 0 bridgehead atoms. The van der Waals surface area contributed by atoms with Crippen LogP contribution in [0.25, 0.3) is 0 Å². The van der Waals surface area contributed by atoms with Gasteiger partial charge in [-0.15, -0.1) is 0 Å². The van der Waals surface area contributed by atoms with E-state index in [1.165, 1.54) is 25.7 Å². The molecule has 2 unspecified atom stereocenters. The third-order valence-corrected chi connectivity index (χ3v) is 3.27. The minimum atomic E-state index is -0.303. The van der Waals surface area contributed by atoms with E-state index >= 15 is 0 Å². The van der Waals surface area contributed by atoms with Gasteiger partial charge in [0.05, 0.1) is 18.8 Å². The first-order chi connectivity index (χ1) is 7.61. The molecule has 3 nitrogen and oxygen atoms in total. The number of nitrogens with one attached hydrogen (secondary N) is 1. The maximum absolute atomic E-state index is 9.21. The second kappa shape index (κ2) is 8.97. The molecule has 16 heavy (non-hydrogen) atoms. The van der Waals surface area contributed by atoms with Crippen molar-refractivity contribution in [1.29, 1.82) is 0 Å². The van der Waals surface area contributed by atoms with Crippen LogP contribution in [0.5, 0.6) is 0 Å². The number of ether oxygens (including phenoxy) is 1. The Labute approximate surface area is 101 Å². The summed E-state index contributed by atoms with van der Waals surface area (Å²) in [5.74, 6) is 0.666. The summed E-state index contributed by atoms with van der Waals surface area (Å²) in [6.07, 6.45) is 4.96. The highest BCUT2D eigenvalue weighted by Gasteiger charge is 2.21. The molecular weight excluding hydrogens is 202 g/mol. The van der Waals surface area contributed by atoms with E-state index in [-0.39, 0.29) is 12.1 Å². The third kappa shape index (κ3) is 6.46. The highest BCUT2D eigenvalue weighted by molar-refractivity contribution is 4.79. The fraction of sp³-hybridized carbons (Fsp3) is 1.00. The number of rotatable bonds is 10. The van der Waals surface area contributed by atoms with Gasteiger partial charge in [0.15, 0.2) is 0 Å². The second-order valence-corrected chi connectivity index (χ2v) is 4.90. The summed E-state index contributed by atoms with van der Waals surface area (Å²) in [6, 6.07) is 0. The van der Waals surface area contributed by atoms with E-state index in [0.29, 0.717) is 12.5 Å². The normalized spacial score (nSPS) is 17.1. The average molecular weight is 231 g/mol. The molecule has 0 aliphatic heterocycles. The monoisotopic (exact) mass is 231 g/mol. The Hall–Kier alpha value is -0.120. The summed E-state index contributed by atoms with van der Waals surface area (Å²) in [7, 11) is 1.86. The highest BCUT2D eigenvalue weighted by atomic mass is 16.5. The Morgan fingerprint density at radius 2 is 2.06 bits per heavy atom. The number of unbranched alkanes of at least 4 members (excludes halogenated alkanes) is 1. The lowest BCUT2D eigenvalue weighted by Gasteiger charge is -2.27. The van der Waals surface area contributed by atoms with Crippen LogP contribution in [0.15, 0.2) is 0 Å². The molecule has 0 aliphatic rings. The summed E-state index contributed by atoms with van der Waals surface area (Å²) in [5.41, 5.74) is -0.303. The second-order valence-electron chi connectivity index (χ2n) is 4.90. The van der Waals surface area contributed by atoms with Gasteiger partial charge in [-0.3, -0.25) is 0 Å². The minimum Gasteiger partial charge on any atom is -0.394 e. The zero-order valence-electron chi connectivity index (χ0n) is 11.4. The maximum Gasteiger partial charge on any atom is 0.0668 e. The van der Waals surface area contributed by atoms with Gasteiger partial charge in [0.1, 0.15) is 0 Å². The third-order valence-electron chi connectivity index (χ3n) is 3.27. The molecule has 2 N–H and O–H groups in total. The van der Waals surface area contributed by atoms with E-state index in [1.807, 2.05) is 14.0 Å². The van der Waals surface area contributed by atoms with Gasteiger partial charge in [-0.1, -0.05) is 33.1 Å². The SMILES string of the molecule is CCCCC(CC)COCC(C)(CO)NC. The Bertz CT molecular complexity index is 158. The molecule has 0 aromatic carbocycles. The van der Waals surface area contributed by atoms with Crippen molar-refractivity contribution in [3.8, 4) is 0 Å². The number of hydrogen-bond acceptors (Lipinski definition) is 3. The summed E-state index contributed by atoms with van der Waals surface area (Å²) >= 11 is 0. The lowest BCUT2D eigenvalue weighted by Crippen LogP contribution is -2.47. The largest absolute Gasteiger partial charge is 0.394 e. The summed E-state index contributed by atoms with van der Waals surface area (Å²) in [5, 5.41) is 12.3. The van der Waals surface area contributed by atoms with E-state index in [0.717, 1.165) is 6.61 Å². The molecular formula is C13H29NO2. The molecule has 3 heteroatoms. The van der Waals surface area contributed by atoms with Crippen molar-refractivity contribution in [2.75, 3.05) is 26.9 Å². The molecule has 0 rings (SSSR count). The first-order valence-corrected chi connectivity index (χ1v) is 6.49. The zero-order chi connectivity index (χ0) is 12.4. The number of aliphatic hydroxyl groups is 1. The van der Waals surface area contributed by atoms with Crippen molar-refractivity contribution in [1.82, 2.24) is 5.32 Å². The molecule has 2 atom stereocenters. The molecule has 0 spiro atoms. The fourth-order valence-corrected chi connectivity index (χ4v) is 1.55. The quantitative estimate of drug-likeness (QED) is 0.605. The predicted molar refractivity (Wildman–Crippen MR) is 68.7 cm³/mol. The molecule has 0 aliphatic carbocycles. The standard InChI is InChI=1S/C13H29NO2/c1-5-7-8-12(6-2)9-16-11-13(3,10-15)14-4/h12,14-15H,5-11H2,1-4H3. The van der Waals surface area contributed by atoms with Gasteiger partial charge >= 0.3 is 0 Å². The van der Waals surface area contributed by atoms with Crippen molar-refractivity contribution in [3.63, 3.8) is 0 Å². The topological polar surface area (TPSA) is 41.5 Å². The minimum absolute atomic E-state index is 0.106. The molecule has 0 saturated carbocycles.